The van der Waals surface area contributed by atoms with Crippen molar-refractivity contribution in [3.05, 3.63) is 34.9 Å². The Morgan fingerprint density at radius 3 is 2.15 bits per heavy atom. The smallest absolute Gasteiger partial charge is 0.370 e. The highest BCUT2D eigenvalue weighted by Gasteiger charge is 2.42. The number of alkyl halides is 5. The average Bonchev–Trinajstić information content (AvgIpc) is 2.69. The second kappa shape index (κ2) is 7.89. The largest absolute Gasteiger partial charge is 0.406 e. The first-order chi connectivity index (χ1) is 12.1. The number of hydrogen-bond donors (Lipinski definition) is 2. The van der Waals surface area contributed by atoms with Crippen LogP contribution in [0, 0.1) is 0 Å². The second-order valence-corrected chi connectivity index (χ2v) is 5.97. The van der Waals surface area contributed by atoms with E-state index in [4.69, 9.17) is 11.5 Å². The van der Waals surface area contributed by atoms with E-state index in [1.165, 1.54) is 13.8 Å². The van der Waals surface area contributed by atoms with Crippen LogP contribution in [-0.4, -0.2) is 35.4 Å². The van der Waals surface area contributed by atoms with E-state index in [0.717, 1.165) is 18.2 Å². The van der Waals surface area contributed by atoms with Crippen molar-refractivity contribution >= 4 is 17.8 Å². The van der Waals surface area contributed by atoms with Gasteiger partial charge in [0.15, 0.2) is 5.96 Å². The van der Waals surface area contributed by atoms with Crippen LogP contribution in [0.15, 0.2) is 23.2 Å². The topological polar surface area (TPSA) is 102 Å². The average molecular weight is 394 g/mol. The van der Waals surface area contributed by atoms with Gasteiger partial charge in [-0.25, -0.2) is 8.78 Å². The Kier molecular flexibility index (Phi) is 6.52. The lowest BCUT2D eigenvalue weighted by molar-refractivity contribution is -0.143. The molecule has 1 heterocycles. The number of fused-ring (bicyclic) bond motifs is 1. The molecule has 0 saturated heterocycles. The van der Waals surface area contributed by atoms with E-state index < -0.39 is 30.6 Å². The fourth-order valence-corrected chi connectivity index (χ4v) is 2.46. The maximum absolute atomic E-state index is 13.2. The van der Waals surface area contributed by atoms with Gasteiger partial charge in [0.1, 0.15) is 6.54 Å². The van der Waals surface area contributed by atoms with Crippen molar-refractivity contribution < 1.29 is 31.5 Å². The molecule has 150 valence electrons. The Hall–Kier alpha value is -2.72. The molecule has 1 unspecified atom stereocenters. The molecule has 1 aliphatic heterocycles. The summed E-state index contributed by atoms with van der Waals surface area (Å²) >= 11 is 0. The van der Waals surface area contributed by atoms with Crippen LogP contribution < -0.4 is 11.5 Å². The van der Waals surface area contributed by atoms with Crippen molar-refractivity contribution in [1.29, 1.82) is 0 Å². The number of benzene rings is 1. The third kappa shape index (κ3) is 6.19. The molecule has 11 heteroatoms. The van der Waals surface area contributed by atoms with Crippen LogP contribution >= 0.6 is 0 Å². The highest BCUT2D eigenvalue weighted by molar-refractivity contribution is 5.99. The fraction of sp³-hybridized carbons (Fsp3) is 0.438. The molecule has 2 rings (SSSR count). The molecule has 0 spiro atoms. The van der Waals surface area contributed by atoms with Gasteiger partial charge in [-0.1, -0.05) is 6.07 Å². The number of rotatable bonds is 2. The second-order valence-electron chi connectivity index (χ2n) is 5.97. The Morgan fingerprint density at radius 1 is 1.22 bits per heavy atom. The number of hydrogen-bond acceptors (Lipinski definition) is 2. The molecule has 6 nitrogen and oxygen atoms in total. The number of halogens is 5. The molecule has 1 aliphatic rings. The third-order valence-corrected chi connectivity index (χ3v) is 3.60. The monoisotopic (exact) mass is 394 g/mol. The van der Waals surface area contributed by atoms with Gasteiger partial charge in [-0.05, 0) is 24.6 Å². The molecule has 2 amide bonds. The Bertz CT molecular complexity index is 752. The lowest BCUT2D eigenvalue weighted by Crippen LogP contribution is -2.36. The quantitative estimate of drug-likeness (QED) is 0.457. The number of nitrogens with zero attached hydrogens (tertiary/aromatic N) is 2. The Labute approximate surface area is 152 Å². The van der Waals surface area contributed by atoms with Gasteiger partial charge in [0, 0.05) is 25.0 Å². The zero-order valence-electron chi connectivity index (χ0n) is 14.8. The molecule has 1 atom stereocenters. The zero-order chi connectivity index (χ0) is 21.2. The van der Waals surface area contributed by atoms with Gasteiger partial charge in [-0.3, -0.25) is 9.59 Å². The summed E-state index contributed by atoms with van der Waals surface area (Å²) < 4.78 is 63.8. The maximum atomic E-state index is 13.2. The zero-order valence-corrected chi connectivity index (χ0v) is 14.8. The van der Waals surface area contributed by atoms with Crippen molar-refractivity contribution in [3.8, 4) is 0 Å². The molecule has 4 N–H and O–H groups in total. The van der Waals surface area contributed by atoms with Crippen LogP contribution in [0.25, 0.3) is 0 Å². The van der Waals surface area contributed by atoms with Gasteiger partial charge in [-0.15, -0.1) is 0 Å². The van der Waals surface area contributed by atoms with Gasteiger partial charge in [-0.2, -0.15) is 18.2 Å². The molecular weight excluding hydrogens is 375 g/mol. The van der Waals surface area contributed by atoms with Crippen LogP contribution in [0.3, 0.4) is 0 Å². The first-order valence-corrected chi connectivity index (χ1v) is 7.63. The lowest BCUT2D eigenvalue weighted by atomic mass is 9.99. The first-order valence-electron chi connectivity index (χ1n) is 7.63. The van der Waals surface area contributed by atoms with Crippen LogP contribution in [-0.2, 0) is 10.7 Å². The third-order valence-electron chi connectivity index (χ3n) is 3.60. The minimum atomic E-state index is -4.52. The summed E-state index contributed by atoms with van der Waals surface area (Å²) in [6.07, 6.45) is -4.52. The number of guanidine groups is 1. The Morgan fingerprint density at radius 2 is 1.78 bits per heavy atom. The molecule has 0 bridgehead atoms. The minimum absolute atomic E-state index is 0.0507. The number of carbonyl (C=O) groups is 2. The minimum Gasteiger partial charge on any atom is -0.370 e. The normalized spacial score (nSPS) is 16.4. The van der Waals surface area contributed by atoms with E-state index in [0.29, 0.717) is 11.8 Å². The van der Waals surface area contributed by atoms with Crippen molar-refractivity contribution in [1.82, 2.24) is 4.90 Å². The molecule has 0 saturated carbocycles. The predicted octanol–water partition coefficient (Wildman–Crippen LogP) is 2.68. The number of aliphatic imine (C=N–C) groups is 1. The summed E-state index contributed by atoms with van der Waals surface area (Å²) in [5.41, 5.74) is 9.54. The van der Waals surface area contributed by atoms with E-state index in [1.807, 2.05) is 0 Å². The van der Waals surface area contributed by atoms with Crippen LogP contribution in [0.4, 0.5) is 22.0 Å². The SMILES string of the molecule is CC(=O)N=C(N)N.CC1c2cc(C(C)(F)F)ccc2C(=O)N1CC(F)(F)F. The number of nitrogens with two attached hydrogens (primary N) is 2. The molecule has 0 aromatic heterocycles. The van der Waals surface area contributed by atoms with Crippen molar-refractivity contribution in [3.63, 3.8) is 0 Å². The van der Waals surface area contributed by atoms with E-state index in [9.17, 15) is 31.5 Å². The molecular formula is C16H19F5N4O2. The van der Waals surface area contributed by atoms with Gasteiger partial charge in [0.05, 0.1) is 6.04 Å². The summed E-state index contributed by atoms with van der Waals surface area (Å²) in [5, 5.41) is 0. The van der Waals surface area contributed by atoms with Crippen LogP contribution in [0.1, 0.15) is 48.3 Å². The van der Waals surface area contributed by atoms with Gasteiger partial charge >= 0.3 is 6.18 Å². The van der Waals surface area contributed by atoms with E-state index >= 15 is 0 Å². The van der Waals surface area contributed by atoms with Crippen molar-refractivity contribution in [2.45, 2.75) is 38.9 Å². The molecule has 27 heavy (non-hydrogen) atoms. The van der Waals surface area contributed by atoms with E-state index in [1.54, 1.807) is 0 Å². The van der Waals surface area contributed by atoms with Crippen molar-refractivity contribution in [2.24, 2.45) is 16.5 Å². The molecule has 1 aromatic rings. The molecule has 0 aliphatic carbocycles. The first kappa shape index (κ1) is 22.3. The molecule has 0 radical (unpaired) electrons. The highest BCUT2D eigenvalue weighted by Crippen LogP contribution is 2.38. The van der Waals surface area contributed by atoms with Gasteiger partial charge in [0.25, 0.3) is 11.8 Å². The molecule has 0 fully saturated rings. The fourth-order valence-electron chi connectivity index (χ4n) is 2.46. The predicted molar refractivity (Wildman–Crippen MR) is 88.0 cm³/mol. The highest BCUT2D eigenvalue weighted by atomic mass is 19.4. The van der Waals surface area contributed by atoms with Crippen LogP contribution in [0.2, 0.25) is 0 Å². The molecule has 1 aromatic carbocycles. The van der Waals surface area contributed by atoms with E-state index in [-0.39, 0.29) is 28.6 Å². The summed E-state index contributed by atoms with van der Waals surface area (Å²) in [6, 6.07) is 2.47. The van der Waals surface area contributed by atoms with Crippen LogP contribution in [0.5, 0.6) is 0 Å². The summed E-state index contributed by atoms with van der Waals surface area (Å²) in [6.45, 7) is 1.98. The summed E-state index contributed by atoms with van der Waals surface area (Å²) in [7, 11) is 0. The summed E-state index contributed by atoms with van der Waals surface area (Å²) in [5.74, 6) is -4.45. The van der Waals surface area contributed by atoms with Gasteiger partial charge in [0.2, 0.25) is 5.91 Å². The lowest BCUT2D eigenvalue weighted by Gasteiger charge is -2.23. The van der Waals surface area contributed by atoms with Crippen molar-refractivity contribution in [2.75, 3.05) is 6.54 Å². The number of amides is 2. The number of carbonyl (C=O) groups excluding carboxylic acids is 2. The standard InChI is InChI=1S/C13H12F5NO.C3H7N3O/c1-7-10-5-8(12(2,14)15)3-4-9(10)11(20)19(7)6-13(16,17)18;1-2(7)6-3(4)5/h3-5,7H,6H2,1-2H3;1H3,(H4,4,5,6,7). The Balaban J connectivity index is 0.000000445. The maximum Gasteiger partial charge on any atom is 0.406 e. The van der Waals surface area contributed by atoms with E-state index in [2.05, 4.69) is 4.99 Å². The summed E-state index contributed by atoms with van der Waals surface area (Å²) in [4.78, 5) is 25.5. The van der Waals surface area contributed by atoms with Gasteiger partial charge < -0.3 is 16.4 Å².